The van der Waals surface area contributed by atoms with E-state index >= 15 is 0 Å². The van der Waals surface area contributed by atoms with Crippen molar-refractivity contribution in [2.24, 2.45) is 0 Å². The maximum atomic E-state index is 10.2. The van der Waals surface area contributed by atoms with Crippen LogP contribution in [-0.2, 0) is 0 Å². The fourth-order valence-electron chi connectivity index (χ4n) is 2.26. The van der Waals surface area contributed by atoms with Crippen molar-refractivity contribution in [3.8, 4) is 0 Å². The molecule has 1 saturated heterocycles. The Labute approximate surface area is 97.1 Å². The molecular weight excluding hydrogens is 200 g/mol. The first-order chi connectivity index (χ1) is 7.59. The van der Waals surface area contributed by atoms with Crippen molar-refractivity contribution < 1.29 is 5.11 Å². The monoisotopic (exact) mass is 220 g/mol. The highest BCUT2D eigenvalue weighted by atomic mass is 16.3. The molecule has 1 unspecified atom stereocenters. The van der Waals surface area contributed by atoms with E-state index in [2.05, 4.69) is 22.3 Å². The van der Waals surface area contributed by atoms with Gasteiger partial charge in [-0.05, 0) is 26.0 Å². The van der Waals surface area contributed by atoms with Gasteiger partial charge < -0.3 is 15.3 Å². The molecule has 1 heterocycles. The van der Waals surface area contributed by atoms with E-state index in [0.29, 0.717) is 0 Å². The topological polar surface area (TPSA) is 35.5 Å². The molecule has 2 rings (SSSR count). The highest BCUT2D eigenvalue weighted by Crippen LogP contribution is 2.24. The molecule has 16 heavy (non-hydrogen) atoms. The van der Waals surface area contributed by atoms with Crippen LogP contribution in [0.1, 0.15) is 13.8 Å². The minimum atomic E-state index is -0.691. The molecule has 1 fully saturated rings. The number of hydrogen-bond acceptors (Lipinski definition) is 3. The summed E-state index contributed by atoms with van der Waals surface area (Å²) < 4.78 is 0. The number of benzene rings is 1. The van der Waals surface area contributed by atoms with Crippen LogP contribution in [0.2, 0.25) is 0 Å². The second-order valence-electron chi connectivity index (χ2n) is 4.90. The summed E-state index contributed by atoms with van der Waals surface area (Å²) in [5.74, 6) is 0. The molecule has 0 bridgehead atoms. The van der Waals surface area contributed by atoms with Gasteiger partial charge in [-0.1, -0.05) is 18.2 Å². The van der Waals surface area contributed by atoms with Crippen molar-refractivity contribution >= 4 is 5.69 Å². The third-order valence-corrected chi connectivity index (χ3v) is 3.15. The van der Waals surface area contributed by atoms with Gasteiger partial charge in [0.1, 0.15) is 0 Å². The summed E-state index contributed by atoms with van der Waals surface area (Å²) in [4.78, 5) is 2.29. The molecule has 0 saturated carbocycles. The minimum absolute atomic E-state index is 0.128. The summed E-state index contributed by atoms with van der Waals surface area (Å²) in [6.45, 7) is 6.50. The van der Waals surface area contributed by atoms with Gasteiger partial charge in [-0.2, -0.15) is 0 Å². The van der Waals surface area contributed by atoms with E-state index in [1.165, 1.54) is 5.69 Å². The Morgan fingerprint density at radius 1 is 1.31 bits per heavy atom. The molecule has 0 spiro atoms. The lowest BCUT2D eigenvalue weighted by Gasteiger charge is -2.44. The van der Waals surface area contributed by atoms with Crippen LogP contribution in [0.3, 0.4) is 0 Å². The molecule has 0 amide bonds. The van der Waals surface area contributed by atoms with Crippen molar-refractivity contribution in [2.75, 3.05) is 24.5 Å². The summed E-state index contributed by atoms with van der Waals surface area (Å²) in [5.41, 5.74) is 0.500. The fraction of sp³-hybridized carbons (Fsp3) is 0.538. The molecule has 1 aliphatic rings. The normalized spacial score (nSPS) is 22.2. The number of nitrogens with zero attached hydrogens (tertiary/aromatic N) is 1. The average Bonchev–Trinajstić information content (AvgIpc) is 2.29. The molecule has 0 radical (unpaired) electrons. The Morgan fingerprint density at radius 2 is 2.00 bits per heavy atom. The molecule has 0 aliphatic carbocycles. The Hall–Kier alpha value is -1.06. The van der Waals surface area contributed by atoms with Gasteiger partial charge in [0, 0.05) is 25.3 Å². The number of piperazine rings is 1. The zero-order valence-electron chi connectivity index (χ0n) is 9.98. The van der Waals surface area contributed by atoms with E-state index in [-0.39, 0.29) is 6.04 Å². The van der Waals surface area contributed by atoms with Crippen molar-refractivity contribution in [3.63, 3.8) is 0 Å². The van der Waals surface area contributed by atoms with Gasteiger partial charge in [-0.15, -0.1) is 0 Å². The summed E-state index contributed by atoms with van der Waals surface area (Å²) in [5, 5.41) is 13.5. The highest BCUT2D eigenvalue weighted by molar-refractivity contribution is 5.48. The van der Waals surface area contributed by atoms with Crippen molar-refractivity contribution in [3.05, 3.63) is 30.3 Å². The Balaban J connectivity index is 2.24. The van der Waals surface area contributed by atoms with Crippen LogP contribution in [0.25, 0.3) is 0 Å². The molecular formula is C13H20N2O. The molecule has 1 aromatic carbocycles. The van der Waals surface area contributed by atoms with Crippen LogP contribution in [0, 0.1) is 0 Å². The molecule has 88 valence electrons. The molecule has 1 atom stereocenters. The maximum Gasteiger partial charge on any atom is 0.0806 e. The molecule has 3 nitrogen and oxygen atoms in total. The van der Waals surface area contributed by atoms with E-state index in [9.17, 15) is 5.11 Å². The standard InChI is InChI=1S/C13H20N2O/c1-13(2,16)12-10-14-8-9-15(12)11-6-4-3-5-7-11/h3-7,12,14,16H,8-10H2,1-2H3. The molecule has 1 aromatic rings. The number of anilines is 1. The quantitative estimate of drug-likeness (QED) is 0.787. The first-order valence-corrected chi connectivity index (χ1v) is 5.84. The van der Waals surface area contributed by atoms with Crippen molar-refractivity contribution in [1.29, 1.82) is 0 Å². The summed E-state index contributed by atoms with van der Waals surface area (Å²) in [6, 6.07) is 10.4. The Bertz CT molecular complexity index is 332. The first-order valence-electron chi connectivity index (χ1n) is 5.84. The van der Waals surface area contributed by atoms with Crippen molar-refractivity contribution in [2.45, 2.75) is 25.5 Å². The van der Waals surface area contributed by atoms with Gasteiger partial charge in [-0.25, -0.2) is 0 Å². The Morgan fingerprint density at radius 3 is 2.62 bits per heavy atom. The van der Waals surface area contributed by atoms with Crippen LogP contribution >= 0.6 is 0 Å². The molecule has 0 aromatic heterocycles. The van der Waals surface area contributed by atoms with E-state index < -0.39 is 5.60 Å². The predicted octanol–water partition coefficient (Wildman–Crippen LogP) is 1.24. The average molecular weight is 220 g/mol. The van der Waals surface area contributed by atoms with Crippen LogP contribution in [0.4, 0.5) is 5.69 Å². The summed E-state index contributed by atoms with van der Waals surface area (Å²) in [7, 11) is 0. The number of hydrogen-bond donors (Lipinski definition) is 2. The second kappa shape index (κ2) is 4.44. The zero-order chi connectivity index (χ0) is 11.6. The smallest absolute Gasteiger partial charge is 0.0806 e. The summed E-state index contributed by atoms with van der Waals surface area (Å²) in [6.07, 6.45) is 0. The summed E-state index contributed by atoms with van der Waals surface area (Å²) >= 11 is 0. The van der Waals surface area contributed by atoms with Crippen molar-refractivity contribution in [1.82, 2.24) is 5.32 Å². The highest BCUT2D eigenvalue weighted by Gasteiger charge is 2.34. The van der Waals surface area contributed by atoms with E-state index in [4.69, 9.17) is 0 Å². The minimum Gasteiger partial charge on any atom is -0.388 e. The number of para-hydroxylation sites is 1. The van der Waals surface area contributed by atoms with E-state index in [1.54, 1.807) is 0 Å². The van der Waals surface area contributed by atoms with Gasteiger partial charge in [-0.3, -0.25) is 0 Å². The third-order valence-electron chi connectivity index (χ3n) is 3.15. The second-order valence-corrected chi connectivity index (χ2v) is 4.90. The van der Waals surface area contributed by atoms with Gasteiger partial charge in [0.05, 0.1) is 11.6 Å². The Kier molecular flexibility index (Phi) is 3.17. The van der Waals surface area contributed by atoms with Gasteiger partial charge in [0.2, 0.25) is 0 Å². The third kappa shape index (κ3) is 2.36. The molecule has 1 aliphatic heterocycles. The van der Waals surface area contributed by atoms with Crippen LogP contribution in [-0.4, -0.2) is 36.4 Å². The number of aliphatic hydroxyl groups is 1. The van der Waals surface area contributed by atoms with Crippen LogP contribution < -0.4 is 10.2 Å². The molecule has 3 heteroatoms. The van der Waals surface area contributed by atoms with E-state index in [1.807, 2.05) is 32.0 Å². The lowest BCUT2D eigenvalue weighted by molar-refractivity contribution is 0.0446. The van der Waals surface area contributed by atoms with Crippen LogP contribution in [0.15, 0.2) is 30.3 Å². The SMILES string of the molecule is CC(C)(O)C1CNCCN1c1ccccc1. The predicted molar refractivity (Wildman–Crippen MR) is 66.7 cm³/mol. The van der Waals surface area contributed by atoms with E-state index in [0.717, 1.165) is 19.6 Å². The van der Waals surface area contributed by atoms with Gasteiger partial charge >= 0.3 is 0 Å². The van der Waals surface area contributed by atoms with Gasteiger partial charge in [0.25, 0.3) is 0 Å². The number of nitrogens with one attached hydrogen (secondary N) is 1. The van der Waals surface area contributed by atoms with Gasteiger partial charge in [0.15, 0.2) is 0 Å². The zero-order valence-corrected chi connectivity index (χ0v) is 9.98. The largest absolute Gasteiger partial charge is 0.388 e. The lowest BCUT2D eigenvalue weighted by Crippen LogP contribution is -2.60. The molecule has 2 N–H and O–H groups in total. The first kappa shape index (κ1) is 11.4. The maximum absolute atomic E-state index is 10.2. The number of rotatable bonds is 2. The lowest BCUT2D eigenvalue weighted by atomic mass is 9.95. The van der Waals surface area contributed by atoms with Crippen LogP contribution in [0.5, 0.6) is 0 Å². The fourth-order valence-corrected chi connectivity index (χ4v) is 2.26.